The lowest BCUT2D eigenvalue weighted by Crippen LogP contribution is -2.46. The van der Waals surface area contributed by atoms with Crippen molar-refractivity contribution in [2.75, 3.05) is 19.6 Å². The number of fused-ring (bicyclic) bond motifs is 1. The van der Waals surface area contributed by atoms with E-state index < -0.39 is 0 Å². The second kappa shape index (κ2) is 10.2. The van der Waals surface area contributed by atoms with Crippen LogP contribution in [0.25, 0.3) is 6.08 Å². The molecule has 1 aliphatic heterocycles. The van der Waals surface area contributed by atoms with E-state index in [-0.39, 0.29) is 24.4 Å². The van der Waals surface area contributed by atoms with E-state index in [1.165, 1.54) is 16.5 Å². The largest absolute Gasteiger partial charge is 0.330 e. The molecule has 1 aromatic heterocycles. The minimum Gasteiger partial charge on any atom is -0.330 e. The predicted octanol–water partition coefficient (Wildman–Crippen LogP) is 4.95. The molecule has 5 heteroatoms. The fourth-order valence-corrected chi connectivity index (χ4v) is 4.96. The first-order chi connectivity index (χ1) is 15.7. The van der Waals surface area contributed by atoms with Gasteiger partial charge in [-0.2, -0.15) is 0 Å². The van der Waals surface area contributed by atoms with Gasteiger partial charge in [-0.15, -0.1) is 17.9 Å². The summed E-state index contributed by atoms with van der Waals surface area (Å²) >= 11 is 1.74. The van der Waals surface area contributed by atoms with Crippen LogP contribution in [0.5, 0.6) is 0 Å². The quantitative estimate of drug-likeness (QED) is 0.384. The van der Waals surface area contributed by atoms with Crippen molar-refractivity contribution in [2.45, 2.75) is 12.5 Å². The van der Waals surface area contributed by atoms with Crippen LogP contribution in [0.15, 0.2) is 90.8 Å². The number of thiophene rings is 1. The Morgan fingerprint density at radius 2 is 1.78 bits per heavy atom. The first-order valence-corrected chi connectivity index (χ1v) is 11.6. The van der Waals surface area contributed by atoms with Gasteiger partial charge in [-0.05, 0) is 40.6 Å². The molecule has 0 unspecified atom stereocenters. The normalized spacial score (nSPS) is 15.4. The minimum atomic E-state index is -0.202. The molecule has 4 rings (SSSR count). The zero-order valence-electron chi connectivity index (χ0n) is 17.9. The number of nitrogens with zero attached hydrogens (tertiary/aromatic N) is 2. The van der Waals surface area contributed by atoms with Crippen molar-refractivity contribution < 1.29 is 9.59 Å². The number of rotatable bonds is 7. The standard InChI is InChI=1S/C27H26N2O2S/c1-2-17-28(25(30)14-13-21-9-5-3-6-10-21)20-26(31)29-18-15-24-23(16-19-32-24)27(29)22-11-7-4-8-12-22/h2-14,16,19,27H,1,15,17-18,20H2/b14-13+/t27-/m0/s1. The molecule has 0 fully saturated rings. The van der Waals surface area contributed by atoms with Crippen LogP contribution in [0.2, 0.25) is 0 Å². The Morgan fingerprint density at radius 1 is 1.06 bits per heavy atom. The molecule has 0 aliphatic carbocycles. The maximum absolute atomic E-state index is 13.5. The molecule has 0 saturated carbocycles. The second-order valence-electron chi connectivity index (χ2n) is 7.70. The summed E-state index contributed by atoms with van der Waals surface area (Å²) in [5, 5.41) is 2.09. The van der Waals surface area contributed by atoms with Gasteiger partial charge in [0.1, 0.15) is 6.54 Å². The maximum atomic E-state index is 13.5. The van der Waals surface area contributed by atoms with E-state index in [9.17, 15) is 9.59 Å². The fourth-order valence-electron chi connectivity index (χ4n) is 4.06. The van der Waals surface area contributed by atoms with Crippen LogP contribution in [-0.2, 0) is 16.0 Å². The molecular weight excluding hydrogens is 416 g/mol. The Hall–Kier alpha value is -3.44. The fraction of sp³-hybridized carbons (Fsp3) is 0.185. The Morgan fingerprint density at radius 3 is 2.50 bits per heavy atom. The zero-order valence-corrected chi connectivity index (χ0v) is 18.7. The van der Waals surface area contributed by atoms with E-state index in [0.29, 0.717) is 13.1 Å². The summed E-state index contributed by atoms with van der Waals surface area (Å²) in [5.41, 5.74) is 3.22. The SMILES string of the molecule is C=CCN(CC(=O)N1CCc2sccc2[C@@H]1c1ccccc1)C(=O)/C=C/c1ccccc1. The molecule has 2 heterocycles. The number of carbonyl (C=O) groups excluding carboxylic acids is 2. The van der Waals surface area contributed by atoms with Gasteiger partial charge in [0.05, 0.1) is 6.04 Å². The third-order valence-corrected chi connectivity index (χ3v) is 6.60. The highest BCUT2D eigenvalue weighted by Crippen LogP contribution is 2.37. The Labute approximate surface area is 193 Å². The van der Waals surface area contributed by atoms with Crippen molar-refractivity contribution in [3.05, 3.63) is 112 Å². The lowest BCUT2D eigenvalue weighted by atomic mass is 9.93. The molecular formula is C27H26N2O2S. The molecule has 1 atom stereocenters. The molecule has 162 valence electrons. The van der Waals surface area contributed by atoms with Crippen molar-refractivity contribution >= 4 is 29.2 Å². The van der Waals surface area contributed by atoms with E-state index in [0.717, 1.165) is 17.5 Å². The smallest absolute Gasteiger partial charge is 0.247 e. The highest BCUT2D eigenvalue weighted by Gasteiger charge is 2.33. The summed E-state index contributed by atoms with van der Waals surface area (Å²) < 4.78 is 0. The number of amides is 2. The van der Waals surface area contributed by atoms with E-state index in [1.54, 1.807) is 28.4 Å². The Kier molecular flexibility index (Phi) is 6.97. The molecule has 0 N–H and O–H groups in total. The molecule has 4 nitrogen and oxygen atoms in total. The van der Waals surface area contributed by atoms with Crippen LogP contribution in [0.1, 0.15) is 27.6 Å². The third kappa shape index (κ3) is 4.89. The topological polar surface area (TPSA) is 40.6 Å². The average Bonchev–Trinajstić information content (AvgIpc) is 3.31. The molecule has 0 radical (unpaired) electrons. The highest BCUT2D eigenvalue weighted by molar-refractivity contribution is 7.10. The maximum Gasteiger partial charge on any atom is 0.247 e. The van der Waals surface area contributed by atoms with Crippen molar-refractivity contribution in [1.82, 2.24) is 9.80 Å². The average molecular weight is 443 g/mol. The van der Waals surface area contributed by atoms with Gasteiger partial charge in [0.15, 0.2) is 0 Å². The molecule has 0 spiro atoms. The summed E-state index contributed by atoms with van der Waals surface area (Å²) in [6.45, 7) is 4.74. The molecule has 2 aromatic carbocycles. The predicted molar refractivity (Wildman–Crippen MR) is 130 cm³/mol. The van der Waals surface area contributed by atoms with Crippen LogP contribution in [0.3, 0.4) is 0 Å². The number of hydrogen-bond donors (Lipinski definition) is 0. The van der Waals surface area contributed by atoms with Crippen molar-refractivity contribution in [3.8, 4) is 0 Å². The van der Waals surface area contributed by atoms with Crippen LogP contribution < -0.4 is 0 Å². The summed E-state index contributed by atoms with van der Waals surface area (Å²) in [7, 11) is 0. The summed E-state index contributed by atoms with van der Waals surface area (Å²) in [4.78, 5) is 31.1. The second-order valence-corrected chi connectivity index (χ2v) is 8.70. The molecule has 2 amide bonds. The third-order valence-electron chi connectivity index (χ3n) is 5.61. The molecule has 0 bridgehead atoms. The van der Waals surface area contributed by atoms with Crippen molar-refractivity contribution in [2.24, 2.45) is 0 Å². The van der Waals surface area contributed by atoms with Gasteiger partial charge in [0, 0.05) is 24.0 Å². The molecule has 32 heavy (non-hydrogen) atoms. The van der Waals surface area contributed by atoms with Gasteiger partial charge >= 0.3 is 0 Å². The number of carbonyl (C=O) groups is 2. The van der Waals surface area contributed by atoms with Gasteiger partial charge in [0.2, 0.25) is 11.8 Å². The summed E-state index contributed by atoms with van der Waals surface area (Å²) in [5.74, 6) is -0.259. The Balaban J connectivity index is 1.54. The van der Waals surface area contributed by atoms with Gasteiger partial charge in [-0.25, -0.2) is 0 Å². The molecule has 3 aromatic rings. The van der Waals surface area contributed by atoms with Crippen molar-refractivity contribution in [3.63, 3.8) is 0 Å². The van der Waals surface area contributed by atoms with Crippen molar-refractivity contribution in [1.29, 1.82) is 0 Å². The van der Waals surface area contributed by atoms with E-state index in [2.05, 4.69) is 30.2 Å². The number of hydrogen-bond acceptors (Lipinski definition) is 3. The molecule has 1 aliphatic rings. The van der Waals surface area contributed by atoms with Gasteiger partial charge in [-0.1, -0.05) is 66.7 Å². The Bertz CT molecular complexity index is 1100. The first-order valence-electron chi connectivity index (χ1n) is 10.7. The summed E-state index contributed by atoms with van der Waals surface area (Å²) in [6, 6.07) is 21.8. The van der Waals surface area contributed by atoms with E-state index in [4.69, 9.17) is 0 Å². The summed E-state index contributed by atoms with van der Waals surface area (Å²) in [6.07, 6.45) is 5.79. The lowest BCUT2D eigenvalue weighted by Gasteiger charge is -2.37. The van der Waals surface area contributed by atoms with Crippen LogP contribution in [0.4, 0.5) is 0 Å². The van der Waals surface area contributed by atoms with Crippen LogP contribution in [0, 0.1) is 0 Å². The van der Waals surface area contributed by atoms with Crippen LogP contribution in [-0.4, -0.2) is 41.2 Å². The van der Waals surface area contributed by atoms with Gasteiger partial charge in [-0.3, -0.25) is 9.59 Å². The van der Waals surface area contributed by atoms with Gasteiger partial charge < -0.3 is 9.80 Å². The lowest BCUT2D eigenvalue weighted by molar-refractivity contribution is -0.139. The highest BCUT2D eigenvalue weighted by atomic mass is 32.1. The monoisotopic (exact) mass is 442 g/mol. The zero-order chi connectivity index (χ0) is 22.3. The molecule has 0 saturated heterocycles. The minimum absolute atomic E-state index is 0.0206. The van der Waals surface area contributed by atoms with Gasteiger partial charge in [0.25, 0.3) is 0 Å². The van der Waals surface area contributed by atoms with E-state index in [1.807, 2.05) is 53.4 Å². The van der Waals surface area contributed by atoms with Crippen LogP contribution >= 0.6 is 11.3 Å². The van der Waals surface area contributed by atoms with E-state index >= 15 is 0 Å². The first kappa shape index (κ1) is 21.8. The number of benzene rings is 2.